The lowest BCUT2D eigenvalue weighted by Gasteiger charge is -2.34. The molecule has 0 N–H and O–H groups in total. The summed E-state index contributed by atoms with van der Waals surface area (Å²) < 4.78 is 2.19. The Balaban J connectivity index is 1.51. The molecule has 1 fully saturated rings. The Hall–Kier alpha value is -2.28. The van der Waals surface area contributed by atoms with Crippen molar-refractivity contribution < 1.29 is 4.79 Å². The van der Waals surface area contributed by atoms with E-state index in [9.17, 15) is 4.79 Å². The van der Waals surface area contributed by atoms with E-state index < -0.39 is 0 Å². The van der Waals surface area contributed by atoms with Crippen LogP contribution < -0.4 is 0 Å². The van der Waals surface area contributed by atoms with Gasteiger partial charge in [0, 0.05) is 44.6 Å². The third-order valence-corrected chi connectivity index (χ3v) is 4.61. The van der Waals surface area contributed by atoms with Crippen LogP contribution in [-0.2, 0) is 24.3 Å². The summed E-state index contributed by atoms with van der Waals surface area (Å²) in [7, 11) is 0. The first kappa shape index (κ1) is 17.5. The zero-order valence-electron chi connectivity index (χ0n) is 15.1. The van der Waals surface area contributed by atoms with Crippen LogP contribution in [-0.4, -0.2) is 61.6 Å². The maximum absolute atomic E-state index is 12.4. The van der Waals surface area contributed by atoms with Gasteiger partial charge in [0.25, 0.3) is 0 Å². The van der Waals surface area contributed by atoms with E-state index in [-0.39, 0.29) is 5.91 Å². The summed E-state index contributed by atoms with van der Waals surface area (Å²) >= 11 is 0. The minimum absolute atomic E-state index is 0.156. The Morgan fingerprint density at radius 3 is 2.64 bits per heavy atom. The molecular weight excluding hydrogens is 316 g/mol. The molecule has 3 rings (SSSR count). The molecule has 7 nitrogen and oxygen atoms in total. The van der Waals surface area contributed by atoms with Crippen LogP contribution in [0.4, 0.5) is 0 Å². The number of aryl methyl sites for hydroxylation is 1. The molecule has 1 amide bonds. The van der Waals surface area contributed by atoms with Gasteiger partial charge >= 0.3 is 0 Å². The SMILES string of the molecule is CCCn1c(C)nnc1CN1CCN(C(=O)Cc2ccccn2)CC1. The average molecular weight is 342 g/mol. The summed E-state index contributed by atoms with van der Waals surface area (Å²) in [5.41, 5.74) is 0.832. The van der Waals surface area contributed by atoms with Crippen LogP contribution in [0.5, 0.6) is 0 Å². The molecule has 1 aliphatic heterocycles. The van der Waals surface area contributed by atoms with Gasteiger partial charge in [-0.05, 0) is 25.5 Å². The Labute approximate surface area is 148 Å². The number of rotatable bonds is 6. The number of aromatic nitrogens is 4. The average Bonchev–Trinajstić information content (AvgIpc) is 2.97. The van der Waals surface area contributed by atoms with Gasteiger partial charge in [0.15, 0.2) is 0 Å². The van der Waals surface area contributed by atoms with E-state index in [4.69, 9.17) is 0 Å². The topological polar surface area (TPSA) is 67.2 Å². The van der Waals surface area contributed by atoms with Crippen molar-refractivity contribution in [3.05, 3.63) is 41.7 Å². The molecule has 2 aromatic rings. The quantitative estimate of drug-likeness (QED) is 0.791. The second kappa shape index (κ2) is 8.20. The van der Waals surface area contributed by atoms with Gasteiger partial charge in [-0.3, -0.25) is 14.7 Å². The number of hydrogen-bond donors (Lipinski definition) is 0. The summed E-state index contributed by atoms with van der Waals surface area (Å²) in [5.74, 6) is 2.15. The number of amides is 1. The van der Waals surface area contributed by atoms with Crippen molar-refractivity contribution in [3.8, 4) is 0 Å². The van der Waals surface area contributed by atoms with Crippen molar-refractivity contribution in [2.45, 2.75) is 39.8 Å². The van der Waals surface area contributed by atoms with Gasteiger partial charge in [-0.2, -0.15) is 0 Å². The molecule has 134 valence electrons. The van der Waals surface area contributed by atoms with E-state index in [0.29, 0.717) is 6.42 Å². The summed E-state index contributed by atoms with van der Waals surface area (Å²) in [6.07, 6.45) is 3.18. The minimum Gasteiger partial charge on any atom is -0.340 e. The molecule has 7 heteroatoms. The van der Waals surface area contributed by atoms with Crippen molar-refractivity contribution in [1.82, 2.24) is 29.5 Å². The van der Waals surface area contributed by atoms with Crippen molar-refractivity contribution in [1.29, 1.82) is 0 Å². The number of hydrogen-bond acceptors (Lipinski definition) is 5. The van der Waals surface area contributed by atoms with Crippen LogP contribution in [0.25, 0.3) is 0 Å². The third kappa shape index (κ3) is 4.42. The van der Waals surface area contributed by atoms with Gasteiger partial charge < -0.3 is 9.47 Å². The van der Waals surface area contributed by atoms with Gasteiger partial charge in [0.2, 0.25) is 5.91 Å². The molecular formula is C18H26N6O. The molecule has 0 aromatic carbocycles. The van der Waals surface area contributed by atoms with E-state index in [1.165, 1.54) is 0 Å². The fourth-order valence-electron chi connectivity index (χ4n) is 3.18. The summed E-state index contributed by atoms with van der Waals surface area (Å²) in [5, 5.41) is 8.53. The van der Waals surface area contributed by atoms with Gasteiger partial charge in [-0.25, -0.2) is 0 Å². The Morgan fingerprint density at radius 2 is 1.96 bits per heavy atom. The van der Waals surface area contributed by atoms with E-state index >= 15 is 0 Å². The van der Waals surface area contributed by atoms with E-state index in [1.54, 1.807) is 6.20 Å². The molecule has 0 atom stereocenters. The zero-order valence-corrected chi connectivity index (χ0v) is 15.1. The summed E-state index contributed by atoms with van der Waals surface area (Å²) in [4.78, 5) is 20.9. The lowest BCUT2D eigenvalue weighted by molar-refractivity contribution is -0.132. The number of carbonyl (C=O) groups is 1. The summed E-state index contributed by atoms with van der Waals surface area (Å²) in [6, 6.07) is 5.69. The van der Waals surface area contributed by atoms with Crippen LogP contribution in [0.3, 0.4) is 0 Å². The highest BCUT2D eigenvalue weighted by Gasteiger charge is 2.22. The molecule has 1 saturated heterocycles. The molecule has 3 heterocycles. The fraction of sp³-hybridized carbons (Fsp3) is 0.556. The minimum atomic E-state index is 0.156. The number of nitrogens with zero attached hydrogens (tertiary/aromatic N) is 6. The highest BCUT2D eigenvalue weighted by molar-refractivity contribution is 5.78. The molecule has 0 radical (unpaired) electrons. The smallest absolute Gasteiger partial charge is 0.228 e. The van der Waals surface area contributed by atoms with Crippen molar-refractivity contribution in [2.75, 3.05) is 26.2 Å². The lowest BCUT2D eigenvalue weighted by Crippen LogP contribution is -2.49. The highest BCUT2D eigenvalue weighted by Crippen LogP contribution is 2.10. The van der Waals surface area contributed by atoms with Crippen LogP contribution in [0.15, 0.2) is 24.4 Å². The molecule has 0 aliphatic carbocycles. The molecule has 2 aromatic heterocycles. The molecule has 0 saturated carbocycles. The first-order valence-corrected chi connectivity index (χ1v) is 8.96. The second-order valence-corrected chi connectivity index (χ2v) is 6.47. The second-order valence-electron chi connectivity index (χ2n) is 6.47. The fourth-order valence-corrected chi connectivity index (χ4v) is 3.18. The number of carbonyl (C=O) groups excluding carboxylic acids is 1. The van der Waals surface area contributed by atoms with E-state index in [2.05, 4.69) is 31.6 Å². The van der Waals surface area contributed by atoms with Crippen LogP contribution >= 0.6 is 0 Å². The van der Waals surface area contributed by atoms with Crippen molar-refractivity contribution in [2.24, 2.45) is 0 Å². The van der Waals surface area contributed by atoms with Crippen molar-refractivity contribution in [3.63, 3.8) is 0 Å². The molecule has 0 bridgehead atoms. The van der Waals surface area contributed by atoms with Crippen LogP contribution in [0.2, 0.25) is 0 Å². The normalized spacial score (nSPS) is 15.5. The maximum Gasteiger partial charge on any atom is 0.228 e. The van der Waals surface area contributed by atoms with Crippen LogP contribution in [0.1, 0.15) is 30.7 Å². The number of piperazine rings is 1. The first-order chi connectivity index (χ1) is 12.2. The van der Waals surface area contributed by atoms with Gasteiger partial charge in [0.05, 0.1) is 13.0 Å². The Bertz CT molecular complexity index is 691. The maximum atomic E-state index is 12.4. The largest absolute Gasteiger partial charge is 0.340 e. The standard InChI is InChI=1S/C18H26N6O/c1-3-8-24-15(2)20-21-17(24)14-22-9-11-23(12-10-22)18(25)13-16-6-4-5-7-19-16/h4-7H,3,8-14H2,1-2H3. The summed E-state index contributed by atoms with van der Waals surface area (Å²) in [6.45, 7) is 9.16. The van der Waals surface area contributed by atoms with E-state index in [0.717, 1.165) is 63.0 Å². The Morgan fingerprint density at radius 1 is 1.16 bits per heavy atom. The predicted octanol–water partition coefficient (Wildman–Crippen LogP) is 1.28. The molecule has 1 aliphatic rings. The van der Waals surface area contributed by atoms with Gasteiger partial charge in [-0.15, -0.1) is 10.2 Å². The van der Waals surface area contributed by atoms with Gasteiger partial charge in [0.1, 0.15) is 11.6 Å². The molecule has 0 spiro atoms. The zero-order chi connectivity index (χ0) is 17.6. The third-order valence-electron chi connectivity index (χ3n) is 4.61. The number of pyridine rings is 1. The predicted molar refractivity (Wildman–Crippen MR) is 94.8 cm³/mol. The monoisotopic (exact) mass is 342 g/mol. The van der Waals surface area contributed by atoms with Crippen molar-refractivity contribution >= 4 is 5.91 Å². The van der Waals surface area contributed by atoms with E-state index in [1.807, 2.05) is 30.0 Å². The Kier molecular flexibility index (Phi) is 5.75. The lowest BCUT2D eigenvalue weighted by atomic mass is 10.2. The first-order valence-electron chi connectivity index (χ1n) is 8.96. The van der Waals surface area contributed by atoms with Crippen LogP contribution in [0, 0.1) is 6.92 Å². The van der Waals surface area contributed by atoms with Gasteiger partial charge in [-0.1, -0.05) is 13.0 Å². The molecule has 25 heavy (non-hydrogen) atoms. The highest BCUT2D eigenvalue weighted by atomic mass is 16.2. The molecule has 0 unspecified atom stereocenters.